The summed E-state index contributed by atoms with van der Waals surface area (Å²) < 4.78 is 0. The SMILES string of the molecule is O=C(NCc1ccccc1)C12C[C@@H]3CCN(Cc4ccccc4)[C@@H]([C@@H]3C=N1)[C@H]2Cc1ccccc1. The van der Waals surface area contributed by atoms with E-state index in [-0.39, 0.29) is 11.8 Å². The van der Waals surface area contributed by atoms with Crippen LogP contribution >= 0.6 is 0 Å². The van der Waals surface area contributed by atoms with Gasteiger partial charge in [-0.15, -0.1) is 0 Å². The van der Waals surface area contributed by atoms with Crippen LogP contribution in [0.4, 0.5) is 0 Å². The van der Waals surface area contributed by atoms with E-state index < -0.39 is 5.54 Å². The molecule has 3 heterocycles. The smallest absolute Gasteiger partial charge is 0.248 e. The van der Waals surface area contributed by atoms with E-state index in [0.717, 1.165) is 37.9 Å². The van der Waals surface area contributed by atoms with Crippen LogP contribution in [0.25, 0.3) is 0 Å². The molecule has 4 bridgehead atoms. The first-order valence-corrected chi connectivity index (χ1v) is 12.9. The number of benzene rings is 3. The van der Waals surface area contributed by atoms with Crippen LogP contribution in [0.3, 0.4) is 0 Å². The van der Waals surface area contributed by atoms with Gasteiger partial charge in [0.15, 0.2) is 0 Å². The summed E-state index contributed by atoms with van der Waals surface area (Å²) >= 11 is 0. The van der Waals surface area contributed by atoms with E-state index in [1.165, 1.54) is 11.1 Å². The number of piperidine rings is 1. The van der Waals surface area contributed by atoms with Crippen LogP contribution in [-0.2, 0) is 24.3 Å². The monoisotopic (exact) mass is 463 g/mol. The molecule has 4 heteroatoms. The second kappa shape index (κ2) is 9.43. The van der Waals surface area contributed by atoms with Crippen molar-refractivity contribution < 1.29 is 4.79 Å². The zero-order valence-corrected chi connectivity index (χ0v) is 20.1. The number of likely N-dealkylation sites (tertiary alicyclic amines) is 1. The van der Waals surface area contributed by atoms with Gasteiger partial charge in [-0.3, -0.25) is 14.7 Å². The fourth-order valence-corrected chi connectivity index (χ4v) is 6.78. The van der Waals surface area contributed by atoms with Crippen molar-refractivity contribution in [1.82, 2.24) is 10.2 Å². The molecule has 3 aromatic carbocycles. The Hall–Kier alpha value is -3.24. The summed E-state index contributed by atoms with van der Waals surface area (Å²) in [6, 6.07) is 31.9. The number of hydrogen-bond donors (Lipinski definition) is 1. The van der Waals surface area contributed by atoms with Gasteiger partial charge in [0.05, 0.1) is 0 Å². The maximum Gasteiger partial charge on any atom is 0.248 e. The highest BCUT2D eigenvalue weighted by molar-refractivity contribution is 5.91. The molecule has 1 amide bonds. The van der Waals surface area contributed by atoms with Gasteiger partial charge in [0.1, 0.15) is 5.54 Å². The Kier molecular flexibility index (Phi) is 5.99. The van der Waals surface area contributed by atoms with Gasteiger partial charge in [0.2, 0.25) is 5.91 Å². The van der Waals surface area contributed by atoms with Crippen LogP contribution in [0.5, 0.6) is 0 Å². The van der Waals surface area contributed by atoms with Crippen LogP contribution in [0.15, 0.2) is 96.0 Å². The Morgan fingerprint density at radius 1 is 0.886 bits per heavy atom. The van der Waals surface area contributed by atoms with Gasteiger partial charge in [0, 0.05) is 37.2 Å². The second-order valence-corrected chi connectivity index (χ2v) is 10.4. The Balaban J connectivity index is 1.33. The lowest BCUT2D eigenvalue weighted by Gasteiger charge is -2.60. The molecule has 0 radical (unpaired) electrons. The summed E-state index contributed by atoms with van der Waals surface area (Å²) in [7, 11) is 0. The van der Waals surface area contributed by atoms with Crippen LogP contribution < -0.4 is 5.32 Å². The van der Waals surface area contributed by atoms with Crippen molar-refractivity contribution in [2.45, 2.75) is 43.9 Å². The predicted octanol–water partition coefficient (Wildman–Crippen LogP) is 4.90. The Labute approximate surface area is 208 Å². The maximum atomic E-state index is 14.0. The lowest BCUT2D eigenvalue weighted by atomic mass is 9.55. The summed E-state index contributed by atoms with van der Waals surface area (Å²) in [5, 5.41) is 3.28. The summed E-state index contributed by atoms with van der Waals surface area (Å²) in [5.74, 6) is 1.19. The van der Waals surface area contributed by atoms with Gasteiger partial charge in [-0.2, -0.15) is 0 Å². The molecule has 3 aromatic rings. The van der Waals surface area contributed by atoms with Crippen LogP contribution in [0.2, 0.25) is 0 Å². The van der Waals surface area contributed by atoms with E-state index in [0.29, 0.717) is 24.4 Å². The first-order valence-electron chi connectivity index (χ1n) is 12.9. The van der Waals surface area contributed by atoms with Crippen molar-refractivity contribution in [1.29, 1.82) is 0 Å². The third-order valence-electron chi connectivity index (χ3n) is 8.44. The first kappa shape index (κ1) is 22.2. The Morgan fingerprint density at radius 2 is 1.51 bits per heavy atom. The number of hydrogen-bond acceptors (Lipinski definition) is 3. The number of rotatable bonds is 7. The zero-order valence-electron chi connectivity index (χ0n) is 20.1. The molecule has 178 valence electrons. The Bertz CT molecular complexity index is 1180. The number of carbonyl (C=O) groups excluding carboxylic acids is 1. The van der Waals surface area contributed by atoms with Crippen molar-refractivity contribution in [2.75, 3.05) is 6.54 Å². The van der Waals surface area contributed by atoms with Crippen LogP contribution in [0, 0.1) is 17.8 Å². The number of amides is 1. The molecule has 7 rings (SSSR count). The second-order valence-electron chi connectivity index (χ2n) is 10.4. The number of carbonyl (C=O) groups is 1. The minimum absolute atomic E-state index is 0.0910. The molecule has 5 atom stereocenters. The number of nitrogens with zero attached hydrogens (tertiary/aromatic N) is 2. The molecule has 1 saturated heterocycles. The molecule has 4 aliphatic rings. The maximum absolute atomic E-state index is 14.0. The normalized spacial score (nSPS) is 29.1. The fourth-order valence-electron chi connectivity index (χ4n) is 6.78. The van der Waals surface area contributed by atoms with Gasteiger partial charge < -0.3 is 5.32 Å². The summed E-state index contributed by atoms with van der Waals surface area (Å²) in [6.07, 6.45) is 5.02. The van der Waals surface area contributed by atoms with E-state index in [9.17, 15) is 4.79 Å². The molecule has 2 fully saturated rings. The van der Waals surface area contributed by atoms with E-state index in [2.05, 4.69) is 89.2 Å². The van der Waals surface area contributed by atoms with Crippen molar-refractivity contribution in [3.05, 3.63) is 108 Å². The molecule has 1 saturated carbocycles. The molecule has 1 unspecified atom stereocenters. The van der Waals surface area contributed by atoms with E-state index in [1.807, 2.05) is 18.2 Å². The zero-order chi connectivity index (χ0) is 23.7. The predicted molar refractivity (Wildman–Crippen MR) is 140 cm³/mol. The molecular weight excluding hydrogens is 430 g/mol. The number of aliphatic imine (C=N–C) groups is 1. The first-order chi connectivity index (χ1) is 17.2. The average Bonchev–Trinajstić information content (AvgIpc) is 2.92. The molecule has 1 aliphatic carbocycles. The Morgan fingerprint density at radius 3 is 2.20 bits per heavy atom. The molecule has 4 nitrogen and oxygen atoms in total. The lowest BCUT2D eigenvalue weighted by molar-refractivity contribution is -0.138. The number of nitrogens with one attached hydrogen (secondary N) is 1. The van der Waals surface area contributed by atoms with E-state index >= 15 is 0 Å². The topological polar surface area (TPSA) is 44.7 Å². The molecule has 3 aliphatic heterocycles. The molecular formula is C31H33N3O. The molecule has 1 N–H and O–H groups in total. The van der Waals surface area contributed by atoms with Crippen molar-refractivity contribution in [3.8, 4) is 0 Å². The van der Waals surface area contributed by atoms with Crippen molar-refractivity contribution in [2.24, 2.45) is 22.7 Å². The largest absolute Gasteiger partial charge is 0.350 e. The van der Waals surface area contributed by atoms with Crippen molar-refractivity contribution >= 4 is 12.1 Å². The van der Waals surface area contributed by atoms with Crippen LogP contribution in [0.1, 0.15) is 29.5 Å². The quantitative estimate of drug-likeness (QED) is 0.542. The van der Waals surface area contributed by atoms with Crippen molar-refractivity contribution in [3.63, 3.8) is 0 Å². The van der Waals surface area contributed by atoms with E-state index in [1.54, 1.807) is 0 Å². The van der Waals surface area contributed by atoms with Gasteiger partial charge >= 0.3 is 0 Å². The average molecular weight is 464 g/mol. The summed E-state index contributed by atoms with van der Waals surface area (Å²) in [6.45, 7) is 2.55. The minimum Gasteiger partial charge on any atom is -0.350 e. The van der Waals surface area contributed by atoms with Gasteiger partial charge in [0.25, 0.3) is 0 Å². The van der Waals surface area contributed by atoms with Crippen LogP contribution in [-0.4, -0.2) is 35.1 Å². The van der Waals surface area contributed by atoms with Gasteiger partial charge in [-0.1, -0.05) is 91.0 Å². The van der Waals surface area contributed by atoms with Gasteiger partial charge in [-0.25, -0.2) is 0 Å². The van der Waals surface area contributed by atoms with E-state index in [4.69, 9.17) is 4.99 Å². The highest BCUT2D eigenvalue weighted by atomic mass is 16.2. The molecule has 35 heavy (non-hydrogen) atoms. The minimum atomic E-state index is -0.704. The molecule has 0 spiro atoms. The lowest BCUT2D eigenvalue weighted by Crippen LogP contribution is -2.70. The summed E-state index contributed by atoms with van der Waals surface area (Å²) in [5.41, 5.74) is 3.04. The van der Waals surface area contributed by atoms with Gasteiger partial charge in [-0.05, 0) is 48.4 Å². The fraction of sp³-hybridized carbons (Fsp3) is 0.355. The third kappa shape index (κ3) is 4.21. The highest BCUT2D eigenvalue weighted by Gasteiger charge is 2.61. The third-order valence-corrected chi connectivity index (χ3v) is 8.44. The summed E-state index contributed by atoms with van der Waals surface area (Å²) in [4.78, 5) is 21.7. The standard InChI is InChI=1S/C31H33N3O/c35-30(32-20-24-12-6-2-7-13-24)31-19-26-16-17-34(22-25-14-8-3-9-15-25)29(27(26)21-33-31)28(31)18-23-10-4-1-5-11-23/h1-15,21,26-29H,16-20,22H2,(H,32,35)/t26-,27+,28+,29-,31?/m0/s1. The molecule has 0 aromatic heterocycles. The highest BCUT2D eigenvalue weighted by Crippen LogP contribution is 2.53.